The molecule has 2 aromatic carbocycles. The Balaban J connectivity index is 1.56. The third kappa shape index (κ3) is 6.35. The largest absolute Gasteiger partial charge is 0.480 e. The van der Waals surface area contributed by atoms with E-state index in [2.05, 4.69) is 16.0 Å². The fraction of sp³-hybridized carbons (Fsp3) is 0.273. The number of carbonyl (C=O) groups excluding carboxylic acids is 3. The Bertz CT molecular complexity index is 1060. The molecular weight excluding hydrogens is 432 g/mol. The zero-order valence-electron chi connectivity index (χ0n) is 17.4. The second-order valence-electron chi connectivity index (χ2n) is 7.60. The number of carboxylic acids is 1. The van der Waals surface area contributed by atoms with Gasteiger partial charge in [-0.05, 0) is 11.1 Å². The second kappa shape index (κ2) is 10.4. The van der Waals surface area contributed by atoms with Crippen LogP contribution in [0.1, 0.15) is 17.5 Å². The van der Waals surface area contributed by atoms with E-state index >= 15 is 0 Å². The van der Waals surface area contributed by atoms with Crippen molar-refractivity contribution >= 4 is 29.4 Å². The molecule has 3 amide bonds. The number of nitrogens with one attached hydrogen (secondary N) is 3. The van der Waals surface area contributed by atoms with Gasteiger partial charge >= 0.3 is 5.97 Å². The molecule has 0 spiro atoms. The van der Waals surface area contributed by atoms with Crippen molar-refractivity contribution in [1.29, 1.82) is 0 Å². The highest BCUT2D eigenvalue weighted by Crippen LogP contribution is 2.14. The Morgan fingerprint density at radius 2 is 1.58 bits per heavy atom. The lowest BCUT2D eigenvalue weighted by atomic mass is 10.0. The van der Waals surface area contributed by atoms with E-state index in [1.165, 1.54) is 24.3 Å². The maximum absolute atomic E-state index is 12.4. The number of nitro benzene ring substituents is 1. The molecule has 0 saturated carbocycles. The van der Waals surface area contributed by atoms with Crippen LogP contribution in [0.2, 0.25) is 0 Å². The van der Waals surface area contributed by atoms with Gasteiger partial charge in [-0.15, -0.1) is 0 Å². The van der Waals surface area contributed by atoms with Crippen molar-refractivity contribution in [3.63, 3.8) is 0 Å². The fourth-order valence-electron chi connectivity index (χ4n) is 3.44. The van der Waals surface area contributed by atoms with Crippen LogP contribution in [0.4, 0.5) is 5.69 Å². The van der Waals surface area contributed by atoms with Crippen molar-refractivity contribution < 1.29 is 29.2 Å². The van der Waals surface area contributed by atoms with Crippen LogP contribution in [0, 0.1) is 10.1 Å². The summed E-state index contributed by atoms with van der Waals surface area (Å²) in [5.74, 6) is -3.00. The van der Waals surface area contributed by atoms with Crippen LogP contribution in [0.15, 0.2) is 54.6 Å². The lowest BCUT2D eigenvalue weighted by molar-refractivity contribution is -0.384. The van der Waals surface area contributed by atoms with Crippen molar-refractivity contribution in [3.05, 3.63) is 75.8 Å². The van der Waals surface area contributed by atoms with Gasteiger partial charge in [-0.2, -0.15) is 0 Å². The van der Waals surface area contributed by atoms with Crippen molar-refractivity contribution in [1.82, 2.24) is 16.0 Å². The van der Waals surface area contributed by atoms with E-state index in [0.29, 0.717) is 12.0 Å². The molecule has 2 aromatic rings. The predicted octanol–water partition coefficient (Wildman–Crippen LogP) is 0.323. The van der Waals surface area contributed by atoms with Crippen LogP contribution in [0.25, 0.3) is 0 Å². The molecule has 1 fully saturated rings. The molecule has 1 saturated heterocycles. The summed E-state index contributed by atoms with van der Waals surface area (Å²) in [5.41, 5.74) is 1.20. The summed E-state index contributed by atoms with van der Waals surface area (Å²) in [7, 11) is 0. The molecule has 0 unspecified atom stereocenters. The van der Waals surface area contributed by atoms with E-state index in [-0.39, 0.29) is 12.1 Å². The van der Waals surface area contributed by atoms with E-state index < -0.39 is 53.2 Å². The molecule has 33 heavy (non-hydrogen) atoms. The molecular formula is C22H22N4O7. The van der Waals surface area contributed by atoms with Crippen LogP contribution in [-0.4, -0.2) is 51.8 Å². The number of nitrogens with zero attached hydrogens (tertiary/aromatic N) is 1. The standard InChI is InChI=1S/C22H22N4O7/c27-19(23-18(22(30)31)11-14-6-8-15(9-7-14)26(32)33)12-17-21(29)24-16(20(28)25-17)10-13-4-2-1-3-5-13/h1-9,16-18H,10-12H2,(H,23,27)(H,24,29)(H,25,28)(H,30,31)/t16-,17-,18+/m0/s1. The monoisotopic (exact) mass is 454 g/mol. The van der Waals surface area contributed by atoms with E-state index in [4.69, 9.17) is 0 Å². The third-order valence-electron chi connectivity index (χ3n) is 5.16. The summed E-state index contributed by atoms with van der Waals surface area (Å²) in [4.78, 5) is 58.9. The minimum Gasteiger partial charge on any atom is -0.480 e. The predicted molar refractivity (Wildman–Crippen MR) is 115 cm³/mol. The first kappa shape index (κ1) is 23.4. The first-order valence-electron chi connectivity index (χ1n) is 10.1. The lowest BCUT2D eigenvalue weighted by Gasteiger charge is -2.29. The molecule has 1 aliphatic rings. The Hall–Kier alpha value is -4.28. The number of amides is 3. The molecule has 0 aromatic heterocycles. The Morgan fingerprint density at radius 1 is 0.970 bits per heavy atom. The van der Waals surface area contributed by atoms with Crippen LogP contribution in [-0.2, 0) is 32.0 Å². The quantitative estimate of drug-likeness (QED) is 0.313. The third-order valence-corrected chi connectivity index (χ3v) is 5.16. The van der Waals surface area contributed by atoms with Crippen molar-refractivity contribution in [2.45, 2.75) is 37.4 Å². The molecule has 0 radical (unpaired) electrons. The second-order valence-corrected chi connectivity index (χ2v) is 7.60. The summed E-state index contributed by atoms with van der Waals surface area (Å²) in [6, 6.07) is 11.2. The highest BCUT2D eigenvalue weighted by Gasteiger charge is 2.35. The Kier molecular flexibility index (Phi) is 7.34. The maximum Gasteiger partial charge on any atom is 0.326 e. The van der Waals surface area contributed by atoms with Crippen molar-refractivity contribution in [3.8, 4) is 0 Å². The zero-order valence-corrected chi connectivity index (χ0v) is 17.4. The number of hydrogen-bond acceptors (Lipinski definition) is 6. The number of carboxylic acid groups (broad SMARTS) is 1. The number of hydrogen-bond donors (Lipinski definition) is 4. The molecule has 4 N–H and O–H groups in total. The highest BCUT2D eigenvalue weighted by atomic mass is 16.6. The Labute approximate surface area is 188 Å². The van der Waals surface area contributed by atoms with Gasteiger partial charge in [0.05, 0.1) is 11.3 Å². The first-order chi connectivity index (χ1) is 15.7. The summed E-state index contributed by atoms with van der Waals surface area (Å²) in [5, 5.41) is 27.6. The van der Waals surface area contributed by atoms with E-state index in [1.807, 2.05) is 30.3 Å². The summed E-state index contributed by atoms with van der Waals surface area (Å²) < 4.78 is 0. The SMILES string of the molecule is O=C(C[C@@H]1NC(=O)[C@H](Cc2ccccc2)NC1=O)N[C@H](Cc1ccc([N+](=O)[O-])cc1)C(=O)O. The van der Waals surface area contributed by atoms with Crippen LogP contribution in [0.5, 0.6) is 0 Å². The first-order valence-corrected chi connectivity index (χ1v) is 10.1. The summed E-state index contributed by atoms with van der Waals surface area (Å²) in [6.07, 6.45) is -0.241. The van der Waals surface area contributed by atoms with Gasteiger partial charge in [0.15, 0.2) is 0 Å². The number of non-ortho nitro benzene ring substituents is 1. The lowest BCUT2D eigenvalue weighted by Crippen LogP contribution is -2.63. The number of carbonyl (C=O) groups is 4. The zero-order chi connectivity index (χ0) is 24.0. The van der Waals surface area contributed by atoms with Crippen molar-refractivity contribution in [2.75, 3.05) is 0 Å². The topological polar surface area (TPSA) is 168 Å². The van der Waals surface area contributed by atoms with Gasteiger partial charge in [-0.3, -0.25) is 24.5 Å². The number of aliphatic carboxylic acids is 1. The average Bonchev–Trinajstić information content (AvgIpc) is 2.77. The summed E-state index contributed by atoms with van der Waals surface area (Å²) >= 11 is 0. The van der Waals surface area contributed by atoms with Gasteiger partial charge in [0.1, 0.15) is 18.1 Å². The molecule has 1 heterocycles. The molecule has 3 atom stereocenters. The van der Waals surface area contributed by atoms with E-state index in [0.717, 1.165) is 5.56 Å². The minimum atomic E-state index is -1.31. The highest BCUT2D eigenvalue weighted by molar-refractivity contribution is 5.99. The molecule has 0 aliphatic carbocycles. The molecule has 172 valence electrons. The number of nitro groups is 1. The molecule has 0 bridgehead atoms. The van der Waals surface area contributed by atoms with Crippen LogP contribution < -0.4 is 16.0 Å². The van der Waals surface area contributed by atoms with E-state index in [1.54, 1.807) is 0 Å². The normalized spacial score (nSPS) is 18.5. The van der Waals surface area contributed by atoms with Crippen LogP contribution in [0.3, 0.4) is 0 Å². The molecule has 1 aliphatic heterocycles. The number of rotatable bonds is 9. The minimum absolute atomic E-state index is 0.110. The molecule has 11 nitrogen and oxygen atoms in total. The van der Waals surface area contributed by atoms with Crippen LogP contribution >= 0.6 is 0 Å². The number of benzene rings is 2. The van der Waals surface area contributed by atoms with Gasteiger partial charge in [0, 0.05) is 25.0 Å². The fourth-order valence-corrected chi connectivity index (χ4v) is 3.44. The van der Waals surface area contributed by atoms with Gasteiger partial charge in [-0.1, -0.05) is 42.5 Å². The number of piperazine rings is 1. The van der Waals surface area contributed by atoms with Gasteiger partial charge in [0.25, 0.3) is 5.69 Å². The van der Waals surface area contributed by atoms with E-state index in [9.17, 15) is 34.4 Å². The van der Waals surface area contributed by atoms with Gasteiger partial charge in [-0.25, -0.2) is 4.79 Å². The van der Waals surface area contributed by atoms with Crippen molar-refractivity contribution in [2.24, 2.45) is 0 Å². The molecule has 11 heteroatoms. The molecule has 3 rings (SSSR count). The average molecular weight is 454 g/mol. The summed E-state index contributed by atoms with van der Waals surface area (Å²) in [6.45, 7) is 0. The smallest absolute Gasteiger partial charge is 0.326 e. The van der Waals surface area contributed by atoms with Gasteiger partial charge in [0.2, 0.25) is 17.7 Å². The maximum atomic E-state index is 12.4. The Morgan fingerprint density at radius 3 is 2.18 bits per heavy atom. The van der Waals surface area contributed by atoms with Gasteiger partial charge < -0.3 is 21.1 Å².